The van der Waals surface area contributed by atoms with E-state index in [1.807, 2.05) is 19.1 Å². The first-order valence-corrected chi connectivity index (χ1v) is 10.2. The molecular weight excluding hydrogens is 364 g/mol. The molecule has 0 aromatic heterocycles. The highest BCUT2D eigenvalue weighted by molar-refractivity contribution is 7.92. The standard InChI is InChI=1S/C20H26N2O4S/c1-6-22(16(4)23)13-17-9-7-8-10-18(17)21-27(24,25)20-12-14(2)19(26-5)11-15(20)3/h7-12,21H,6,13H2,1-5H3. The van der Waals surface area contributed by atoms with Crippen LogP contribution in [-0.2, 0) is 21.4 Å². The van der Waals surface area contributed by atoms with Crippen LogP contribution in [0.25, 0.3) is 0 Å². The van der Waals surface area contributed by atoms with Crippen molar-refractivity contribution in [1.82, 2.24) is 4.90 Å². The molecule has 0 heterocycles. The predicted molar refractivity (Wildman–Crippen MR) is 106 cm³/mol. The van der Waals surface area contributed by atoms with Crippen molar-refractivity contribution in [2.24, 2.45) is 0 Å². The van der Waals surface area contributed by atoms with Crippen molar-refractivity contribution in [3.05, 3.63) is 53.1 Å². The number of benzene rings is 2. The smallest absolute Gasteiger partial charge is 0.262 e. The van der Waals surface area contributed by atoms with Crippen LogP contribution in [0.5, 0.6) is 5.75 Å². The fourth-order valence-corrected chi connectivity index (χ4v) is 4.29. The Hall–Kier alpha value is -2.54. The molecule has 0 saturated carbocycles. The first-order chi connectivity index (χ1) is 12.7. The van der Waals surface area contributed by atoms with Crippen LogP contribution in [0.1, 0.15) is 30.5 Å². The Kier molecular flexibility index (Phi) is 6.49. The predicted octanol–water partition coefficient (Wildman–Crippen LogP) is 3.48. The molecule has 0 radical (unpaired) electrons. The number of hydrogen-bond donors (Lipinski definition) is 1. The van der Waals surface area contributed by atoms with E-state index in [2.05, 4.69) is 4.72 Å². The Bertz CT molecular complexity index is 939. The van der Waals surface area contributed by atoms with E-state index in [-0.39, 0.29) is 10.8 Å². The first kappa shape index (κ1) is 20.8. The second-order valence-corrected chi connectivity index (χ2v) is 8.03. The van der Waals surface area contributed by atoms with Gasteiger partial charge in [-0.2, -0.15) is 0 Å². The zero-order chi connectivity index (χ0) is 20.2. The molecule has 6 nitrogen and oxygen atoms in total. The summed E-state index contributed by atoms with van der Waals surface area (Å²) in [5, 5.41) is 0. The summed E-state index contributed by atoms with van der Waals surface area (Å²) in [6.07, 6.45) is 0. The molecule has 7 heteroatoms. The van der Waals surface area contributed by atoms with E-state index >= 15 is 0 Å². The maximum atomic E-state index is 13.0. The number of carbonyl (C=O) groups excluding carboxylic acids is 1. The van der Waals surface area contributed by atoms with Crippen molar-refractivity contribution in [1.29, 1.82) is 0 Å². The van der Waals surface area contributed by atoms with Crippen molar-refractivity contribution in [2.45, 2.75) is 39.1 Å². The molecule has 2 aromatic rings. The van der Waals surface area contributed by atoms with Gasteiger partial charge < -0.3 is 9.64 Å². The van der Waals surface area contributed by atoms with E-state index in [1.54, 1.807) is 50.1 Å². The van der Waals surface area contributed by atoms with Crippen molar-refractivity contribution in [2.75, 3.05) is 18.4 Å². The molecule has 0 unspecified atom stereocenters. The molecule has 1 amide bonds. The summed E-state index contributed by atoms with van der Waals surface area (Å²) in [4.78, 5) is 13.6. The van der Waals surface area contributed by atoms with Crippen molar-refractivity contribution in [3.63, 3.8) is 0 Å². The minimum Gasteiger partial charge on any atom is -0.496 e. The first-order valence-electron chi connectivity index (χ1n) is 8.71. The lowest BCUT2D eigenvalue weighted by molar-refractivity contribution is -0.129. The van der Waals surface area contributed by atoms with Gasteiger partial charge in [0.15, 0.2) is 0 Å². The largest absolute Gasteiger partial charge is 0.496 e. The van der Waals surface area contributed by atoms with Crippen LogP contribution < -0.4 is 9.46 Å². The average Bonchev–Trinajstić information content (AvgIpc) is 2.61. The van der Waals surface area contributed by atoms with E-state index in [1.165, 1.54) is 6.92 Å². The van der Waals surface area contributed by atoms with Crippen molar-refractivity contribution < 1.29 is 17.9 Å². The van der Waals surface area contributed by atoms with Crippen LogP contribution in [0.3, 0.4) is 0 Å². The number of sulfonamides is 1. The maximum absolute atomic E-state index is 13.0. The molecule has 146 valence electrons. The van der Waals surface area contributed by atoms with E-state index in [9.17, 15) is 13.2 Å². The highest BCUT2D eigenvalue weighted by Gasteiger charge is 2.21. The molecular formula is C20H26N2O4S. The van der Waals surface area contributed by atoms with Gasteiger partial charge in [-0.15, -0.1) is 0 Å². The van der Waals surface area contributed by atoms with Crippen molar-refractivity contribution >= 4 is 21.6 Å². The number of hydrogen-bond acceptors (Lipinski definition) is 4. The SMILES string of the molecule is CCN(Cc1ccccc1NS(=O)(=O)c1cc(C)c(OC)cc1C)C(C)=O. The van der Waals surface area contributed by atoms with Gasteiger partial charge in [0.25, 0.3) is 10.0 Å². The van der Waals surface area contributed by atoms with Crippen LogP contribution >= 0.6 is 0 Å². The summed E-state index contributed by atoms with van der Waals surface area (Å²) in [6.45, 7) is 7.81. The summed E-state index contributed by atoms with van der Waals surface area (Å²) in [5.41, 5.74) is 2.54. The lowest BCUT2D eigenvalue weighted by Gasteiger charge is -2.21. The van der Waals surface area contributed by atoms with Gasteiger partial charge in [0.1, 0.15) is 5.75 Å². The zero-order valence-corrected chi connectivity index (χ0v) is 17.2. The highest BCUT2D eigenvalue weighted by Crippen LogP contribution is 2.28. The summed E-state index contributed by atoms with van der Waals surface area (Å²) < 4.78 is 33.9. The number of carbonyl (C=O) groups is 1. The number of aryl methyl sites for hydroxylation is 2. The number of methoxy groups -OCH3 is 1. The molecule has 0 aliphatic carbocycles. The van der Waals surface area contributed by atoms with Crippen LogP contribution in [-0.4, -0.2) is 32.9 Å². The van der Waals surface area contributed by atoms with Gasteiger partial charge >= 0.3 is 0 Å². The van der Waals surface area contributed by atoms with Gasteiger partial charge in [0, 0.05) is 20.0 Å². The second kappa shape index (κ2) is 8.43. The number of para-hydroxylation sites is 1. The van der Waals surface area contributed by atoms with E-state index < -0.39 is 10.0 Å². The Morgan fingerprint density at radius 3 is 2.41 bits per heavy atom. The zero-order valence-electron chi connectivity index (χ0n) is 16.4. The number of ether oxygens (including phenoxy) is 1. The number of nitrogens with one attached hydrogen (secondary N) is 1. The lowest BCUT2D eigenvalue weighted by Crippen LogP contribution is -2.28. The van der Waals surface area contributed by atoms with Gasteiger partial charge in [-0.25, -0.2) is 8.42 Å². The van der Waals surface area contributed by atoms with Crippen molar-refractivity contribution in [3.8, 4) is 5.75 Å². The number of rotatable bonds is 7. The third-order valence-corrected chi connectivity index (χ3v) is 5.94. The summed E-state index contributed by atoms with van der Waals surface area (Å²) in [7, 11) is -2.23. The maximum Gasteiger partial charge on any atom is 0.262 e. The highest BCUT2D eigenvalue weighted by atomic mass is 32.2. The Morgan fingerprint density at radius 2 is 1.81 bits per heavy atom. The molecule has 0 saturated heterocycles. The van der Waals surface area contributed by atoms with Gasteiger partial charge in [-0.05, 0) is 55.7 Å². The number of nitrogens with zero attached hydrogens (tertiary/aromatic N) is 1. The second-order valence-electron chi connectivity index (χ2n) is 6.38. The fraction of sp³-hybridized carbons (Fsp3) is 0.350. The molecule has 0 bridgehead atoms. The third kappa shape index (κ3) is 4.80. The monoisotopic (exact) mass is 390 g/mol. The third-order valence-electron chi connectivity index (χ3n) is 4.43. The molecule has 0 fully saturated rings. The van der Waals surface area contributed by atoms with Gasteiger partial charge in [0.2, 0.25) is 5.91 Å². The van der Waals surface area contributed by atoms with Crippen LogP contribution in [0.15, 0.2) is 41.3 Å². The van der Waals surface area contributed by atoms with Gasteiger partial charge in [-0.1, -0.05) is 18.2 Å². The lowest BCUT2D eigenvalue weighted by atomic mass is 10.1. The quantitative estimate of drug-likeness (QED) is 0.785. The van der Waals surface area contributed by atoms with Crippen LogP contribution in [0.2, 0.25) is 0 Å². The van der Waals surface area contributed by atoms with E-state index in [4.69, 9.17) is 4.74 Å². The summed E-state index contributed by atoms with van der Waals surface area (Å²) in [6, 6.07) is 10.4. The topological polar surface area (TPSA) is 75.7 Å². The molecule has 2 aromatic carbocycles. The van der Waals surface area contributed by atoms with Gasteiger partial charge in [0.05, 0.1) is 17.7 Å². The Balaban J connectivity index is 2.39. The van der Waals surface area contributed by atoms with Crippen LogP contribution in [0.4, 0.5) is 5.69 Å². The Morgan fingerprint density at radius 1 is 1.15 bits per heavy atom. The van der Waals surface area contributed by atoms with E-state index in [0.717, 1.165) is 11.1 Å². The molecule has 0 aliphatic heterocycles. The number of amides is 1. The molecule has 1 N–H and O–H groups in total. The Labute approximate surface area is 161 Å². The van der Waals surface area contributed by atoms with E-state index in [0.29, 0.717) is 30.1 Å². The van der Waals surface area contributed by atoms with Gasteiger partial charge in [-0.3, -0.25) is 9.52 Å². The fourth-order valence-electron chi connectivity index (χ4n) is 2.88. The summed E-state index contributed by atoms with van der Waals surface area (Å²) >= 11 is 0. The van der Waals surface area contributed by atoms with Crippen LogP contribution in [0, 0.1) is 13.8 Å². The molecule has 0 spiro atoms. The minimum absolute atomic E-state index is 0.0585. The molecule has 0 aliphatic rings. The molecule has 27 heavy (non-hydrogen) atoms. The molecule has 2 rings (SSSR count). The number of anilines is 1. The normalized spacial score (nSPS) is 11.1. The average molecular weight is 391 g/mol. The molecule has 0 atom stereocenters. The summed E-state index contributed by atoms with van der Waals surface area (Å²) in [5.74, 6) is 0.587. The minimum atomic E-state index is -3.79.